The van der Waals surface area contributed by atoms with Gasteiger partial charge >= 0.3 is 6.09 Å². The molecule has 1 rings (SSSR count). The van der Waals surface area contributed by atoms with Gasteiger partial charge in [-0.2, -0.15) is 0 Å². The van der Waals surface area contributed by atoms with Crippen molar-refractivity contribution in [3.8, 4) is 0 Å². The Morgan fingerprint density at radius 1 is 1.61 bits per heavy atom. The summed E-state index contributed by atoms with van der Waals surface area (Å²) in [6, 6.07) is -0.450. The number of nitrogens with one attached hydrogen (secondary N) is 2. The smallest absolute Gasteiger partial charge is 0.407 e. The summed E-state index contributed by atoms with van der Waals surface area (Å²) < 4.78 is 5.10. The number of aliphatic hydroxyl groups is 1. The Bertz CT molecular complexity index is 312. The molecule has 6 nitrogen and oxygen atoms in total. The van der Waals surface area contributed by atoms with Crippen LogP contribution in [0.15, 0.2) is 0 Å². The second kappa shape index (κ2) is 6.04. The zero-order valence-electron chi connectivity index (χ0n) is 11.2. The number of aliphatic hydroxyl groups excluding tert-OH is 1. The molecule has 0 saturated carbocycles. The lowest BCUT2D eigenvalue weighted by atomic mass is 9.99. The highest BCUT2D eigenvalue weighted by molar-refractivity contribution is 5.80. The molecule has 0 aliphatic carbocycles. The van der Waals surface area contributed by atoms with Crippen molar-refractivity contribution >= 4 is 12.0 Å². The molecule has 0 aromatic heterocycles. The fourth-order valence-corrected chi connectivity index (χ4v) is 1.87. The molecule has 0 bridgehead atoms. The average molecular weight is 258 g/mol. The maximum Gasteiger partial charge on any atom is 0.407 e. The Kier molecular flexibility index (Phi) is 4.95. The van der Waals surface area contributed by atoms with Gasteiger partial charge in [0.25, 0.3) is 0 Å². The normalized spacial score (nSPS) is 21.3. The molecule has 1 fully saturated rings. The van der Waals surface area contributed by atoms with Gasteiger partial charge in [0.15, 0.2) is 0 Å². The van der Waals surface area contributed by atoms with Gasteiger partial charge in [0.1, 0.15) is 5.60 Å². The molecule has 1 aliphatic heterocycles. The van der Waals surface area contributed by atoms with Gasteiger partial charge in [-0.1, -0.05) is 0 Å². The number of alkyl carbamates (subject to hydrolysis) is 1. The number of hydrogen-bond acceptors (Lipinski definition) is 4. The van der Waals surface area contributed by atoms with Gasteiger partial charge in [-0.3, -0.25) is 4.79 Å². The Morgan fingerprint density at radius 2 is 2.28 bits per heavy atom. The predicted molar refractivity (Wildman–Crippen MR) is 66.0 cm³/mol. The number of ether oxygens (including phenoxy) is 1. The second-order valence-electron chi connectivity index (χ2n) is 5.54. The summed E-state index contributed by atoms with van der Waals surface area (Å²) in [5, 5.41) is 14.5. The van der Waals surface area contributed by atoms with Crippen molar-refractivity contribution in [2.75, 3.05) is 13.2 Å². The van der Waals surface area contributed by atoms with E-state index in [1.165, 1.54) is 0 Å². The first-order valence-electron chi connectivity index (χ1n) is 6.20. The van der Waals surface area contributed by atoms with Gasteiger partial charge in [0.05, 0.1) is 12.6 Å². The highest BCUT2D eigenvalue weighted by Crippen LogP contribution is 2.16. The first-order valence-corrected chi connectivity index (χ1v) is 6.20. The van der Waals surface area contributed by atoms with Crippen molar-refractivity contribution in [3.63, 3.8) is 0 Å². The van der Waals surface area contributed by atoms with E-state index in [9.17, 15) is 14.7 Å². The molecule has 1 unspecified atom stereocenters. The summed E-state index contributed by atoms with van der Waals surface area (Å²) in [6.07, 6.45) is 0.604. The molecule has 3 N–H and O–H groups in total. The molecule has 0 spiro atoms. The van der Waals surface area contributed by atoms with E-state index in [4.69, 9.17) is 4.74 Å². The van der Waals surface area contributed by atoms with Crippen LogP contribution in [0.3, 0.4) is 0 Å². The number of carbonyl (C=O) groups excluding carboxylic acids is 2. The summed E-state index contributed by atoms with van der Waals surface area (Å²) in [7, 11) is 0. The van der Waals surface area contributed by atoms with Crippen molar-refractivity contribution in [1.82, 2.24) is 10.6 Å². The first-order chi connectivity index (χ1) is 8.31. The van der Waals surface area contributed by atoms with Crippen LogP contribution < -0.4 is 10.6 Å². The SMILES string of the molecule is CC(C)(C)OC(=O)NC(CO)C[C@H]1CCNC1=O. The molecule has 2 amide bonds. The number of hydrogen-bond donors (Lipinski definition) is 3. The minimum Gasteiger partial charge on any atom is -0.444 e. The van der Waals surface area contributed by atoms with Crippen LogP contribution in [-0.4, -0.2) is 41.9 Å². The van der Waals surface area contributed by atoms with Crippen LogP contribution in [0.5, 0.6) is 0 Å². The van der Waals surface area contributed by atoms with Crippen molar-refractivity contribution in [3.05, 3.63) is 0 Å². The van der Waals surface area contributed by atoms with Crippen LogP contribution in [0.1, 0.15) is 33.6 Å². The largest absolute Gasteiger partial charge is 0.444 e. The van der Waals surface area contributed by atoms with Crippen LogP contribution in [0.2, 0.25) is 0 Å². The monoisotopic (exact) mass is 258 g/mol. The Hall–Kier alpha value is -1.30. The molecule has 0 radical (unpaired) electrons. The summed E-state index contributed by atoms with van der Waals surface area (Å²) in [5.74, 6) is -0.156. The summed E-state index contributed by atoms with van der Waals surface area (Å²) in [5.41, 5.74) is -0.575. The molecule has 0 aromatic rings. The summed E-state index contributed by atoms with van der Waals surface area (Å²) in [4.78, 5) is 22.9. The highest BCUT2D eigenvalue weighted by atomic mass is 16.6. The van der Waals surface area contributed by atoms with Gasteiger partial charge in [0, 0.05) is 12.5 Å². The highest BCUT2D eigenvalue weighted by Gasteiger charge is 2.28. The van der Waals surface area contributed by atoms with E-state index in [-0.39, 0.29) is 18.4 Å². The van der Waals surface area contributed by atoms with Gasteiger partial charge in [-0.25, -0.2) is 4.79 Å². The molecule has 1 saturated heterocycles. The standard InChI is InChI=1S/C12H22N2O4/c1-12(2,3)18-11(17)14-9(7-15)6-8-4-5-13-10(8)16/h8-9,15H,4-7H2,1-3H3,(H,13,16)(H,14,17)/t8-,9?/m1/s1. The van der Waals surface area contributed by atoms with E-state index < -0.39 is 17.7 Å². The van der Waals surface area contributed by atoms with E-state index >= 15 is 0 Å². The van der Waals surface area contributed by atoms with Crippen LogP contribution in [-0.2, 0) is 9.53 Å². The van der Waals surface area contributed by atoms with Crippen molar-refractivity contribution in [2.45, 2.75) is 45.3 Å². The molecule has 0 aromatic carbocycles. The van der Waals surface area contributed by atoms with Crippen molar-refractivity contribution in [1.29, 1.82) is 0 Å². The quantitative estimate of drug-likeness (QED) is 0.681. The lowest BCUT2D eigenvalue weighted by molar-refractivity contribution is -0.122. The third-order valence-corrected chi connectivity index (χ3v) is 2.67. The Morgan fingerprint density at radius 3 is 2.72 bits per heavy atom. The zero-order valence-corrected chi connectivity index (χ0v) is 11.2. The van der Waals surface area contributed by atoms with Crippen molar-refractivity contribution < 1.29 is 19.4 Å². The van der Waals surface area contributed by atoms with E-state index in [0.29, 0.717) is 13.0 Å². The van der Waals surface area contributed by atoms with Crippen molar-refractivity contribution in [2.24, 2.45) is 5.92 Å². The fourth-order valence-electron chi connectivity index (χ4n) is 1.87. The molecule has 1 aliphatic rings. The van der Waals surface area contributed by atoms with Gasteiger partial charge < -0.3 is 20.5 Å². The number of carbonyl (C=O) groups is 2. The van der Waals surface area contributed by atoms with Crippen LogP contribution in [0, 0.1) is 5.92 Å². The van der Waals surface area contributed by atoms with Crippen LogP contribution in [0.4, 0.5) is 4.79 Å². The van der Waals surface area contributed by atoms with E-state index in [0.717, 1.165) is 6.42 Å². The molecule has 2 atom stereocenters. The molecule has 18 heavy (non-hydrogen) atoms. The third-order valence-electron chi connectivity index (χ3n) is 2.67. The van der Waals surface area contributed by atoms with Crippen LogP contribution in [0.25, 0.3) is 0 Å². The van der Waals surface area contributed by atoms with E-state index in [1.807, 2.05) is 0 Å². The fraction of sp³-hybridized carbons (Fsp3) is 0.833. The third kappa shape index (κ3) is 4.91. The second-order valence-corrected chi connectivity index (χ2v) is 5.54. The first kappa shape index (κ1) is 14.8. The lowest BCUT2D eigenvalue weighted by Crippen LogP contribution is -2.42. The maximum absolute atomic E-state index is 11.5. The van der Waals surface area contributed by atoms with Crippen LogP contribution >= 0.6 is 0 Å². The lowest BCUT2D eigenvalue weighted by Gasteiger charge is -2.23. The maximum atomic E-state index is 11.5. The molecular formula is C12H22N2O4. The number of rotatable bonds is 4. The zero-order chi connectivity index (χ0) is 13.8. The summed E-state index contributed by atoms with van der Waals surface area (Å²) >= 11 is 0. The molecule has 104 valence electrons. The topological polar surface area (TPSA) is 87.7 Å². The predicted octanol–water partition coefficient (Wildman–Crippen LogP) is 0.398. The molecular weight excluding hydrogens is 236 g/mol. The minimum absolute atomic E-state index is 0.0144. The van der Waals surface area contributed by atoms with Gasteiger partial charge in [-0.15, -0.1) is 0 Å². The minimum atomic E-state index is -0.575. The average Bonchev–Trinajstić information content (AvgIpc) is 2.60. The Balaban J connectivity index is 2.42. The van der Waals surface area contributed by atoms with Gasteiger partial charge in [0.2, 0.25) is 5.91 Å². The van der Waals surface area contributed by atoms with E-state index in [2.05, 4.69) is 10.6 Å². The number of amides is 2. The molecule has 6 heteroatoms. The summed E-state index contributed by atoms with van der Waals surface area (Å²) in [6.45, 7) is 5.76. The molecule has 1 heterocycles. The van der Waals surface area contributed by atoms with E-state index in [1.54, 1.807) is 20.8 Å². The van der Waals surface area contributed by atoms with Gasteiger partial charge in [-0.05, 0) is 33.6 Å². The Labute approximate surface area is 107 Å².